The van der Waals surface area contributed by atoms with Crippen LogP contribution in [0.15, 0.2) is 10.7 Å². The van der Waals surface area contributed by atoms with Gasteiger partial charge in [-0.25, -0.2) is 4.79 Å². The second kappa shape index (κ2) is 4.13. The van der Waals surface area contributed by atoms with E-state index in [-0.39, 0.29) is 18.3 Å². The third kappa shape index (κ3) is 1.79. The molecule has 0 unspecified atom stereocenters. The van der Waals surface area contributed by atoms with Crippen LogP contribution in [0.3, 0.4) is 0 Å². The molecule has 2 heterocycles. The number of carbonyl (C=O) groups is 1. The Morgan fingerprint density at radius 2 is 2.44 bits per heavy atom. The highest BCUT2D eigenvalue weighted by Gasteiger charge is 2.18. The topological polar surface area (TPSA) is 93.9 Å². The molecular formula is C9H10N4O3. The summed E-state index contributed by atoms with van der Waals surface area (Å²) >= 11 is 0. The van der Waals surface area contributed by atoms with Crippen molar-refractivity contribution >= 4 is 5.97 Å². The molecule has 0 aliphatic carbocycles. The summed E-state index contributed by atoms with van der Waals surface area (Å²) in [5.41, 5.74) is 1.46. The number of esters is 1. The second-order valence-electron chi connectivity index (χ2n) is 3.07. The van der Waals surface area contributed by atoms with E-state index in [2.05, 4.69) is 20.3 Å². The maximum absolute atomic E-state index is 11.3. The molecule has 0 radical (unpaired) electrons. The Morgan fingerprint density at radius 1 is 1.62 bits per heavy atom. The molecule has 2 rings (SSSR count). The van der Waals surface area contributed by atoms with Crippen LogP contribution in [0.4, 0.5) is 0 Å². The lowest BCUT2D eigenvalue weighted by atomic mass is 10.3. The molecule has 0 atom stereocenters. The van der Waals surface area contributed by atoms with Crippen molar-refractivity contribution in [1.29, 1.82) is 0 Å². The van der Waals surface area contributed by atoms with E-state index in [1.807, 2.05) is 6.92 Å². The van der Waals surface area contributed by atoms with Gasteiger partial charge in [-0.3, -0.25) is 5.10 Å². The molecule has 2 aromatic rings. The van der Waals surface area contributed by atoms with E-state index in [1.165, 1.54) is 0 Å². The fraction of sp³-hybridized carbons (Fsp3) is 0.333. The number of ether oxygens (including phenoxy) is 1. The van der Waals surface area contributed by atoms with Gasteiger partial charge >= 0.3 is 5.97 Å². The number of hydrogen-bond acceptors (Lipinski definition) is 6. The van der Waals surface area contributed by atoms with Gasteiger partial charge in [0.2, 0.25) is 0 Å². The van der Waals surface area contributed by atoms with Crippen LogP contribution in [0.1, 0.15) is 23.1 Å². The number of nitrogens with zero attached hydrogens (tertiary/aromatic N) is 3. The lowest BCUT2D eigenvalue weighted by molar-refractivity contribution is 0.0508. The maximum atomic E-state index is 11.3. The Bertz CT molecular complexity index is 502. The quantitative estimate of drug-likeness (QED) is 0.777. The fourth-order valence-corrected chi connectivity index (χ4v) is 1.17. The number of aromatic amines is 1. The second-order valence-corrected chi connectivity index (χ2v) is 3.07. The summed E-state index contributed by atoms with van der Waals surface area (Å²) in [4.78, 5) is 15.2. The first-order valence-corrected chi connectivity index (χ1v) is 4.73. The summed E-state index contributed by atoms with van der Waals surface area (Å²) in [5.74, 6) is -0.474. The van der Waals surface area contributed by atoms with Gasteiger partial charge in [0, 0.05) is 0 Å². The molecule has 0 aromatic carbocycles. The summed E-state index contributed by atoms with van der Waals surface area (Å²) in [5, 5.41) is 10.1. The summed E-state index contributed by atoms with van der Waals surface area (Å²) < 4.78 is 9.66. The first kappa shape index (κ1) is 10.3. The molecule has 0 bridgehead atoms. The molecule has 84 valence electrons. The number of hydrogen-bond donors (Lipinski definition) is 1. The van der Waals surface area contributed by atoms with Crippen molar-refractivity contribution in [2.24, 2.45) is 0 Å². The standard InChI is InChI=1S/C9H10N4O3/c1-3-15-9(14)7-11-8(16-13-7)6-5(2)4-10-12-6/h4H,3H2,1-2H3,(H,10,12). The first-order chi connectivity index (χ1) is 7.72. The summed E-state index contributed by atoms with van der Waals surface area (Å²) in [7, 11) is 0. The average Bonchev–Trinajstić information content (AvgIpc) is 2.86. The zero-order valence-corrected chi connectivity index (χ0v) is 8.85. The number of rotatable bonds is 3. The monoisotopic (exact) mass is 222 g/mol. The van der Waals surface area contributed by atoms with Gasteiger partial charge in [0.25, 0.3) is 11.7 Å². The molecule has 0 aliphatic rings. The minimum absolute atomic E-state index is 0.0918. The van der Waals surface area contributed by atoms with Crippen molar-refractivity contribution in [2.75, 3.05) is 6.61 Å². The van der Waals surface area contributed by atoms with Gasteiger partial charge in [0.15, 0.2) is 0 Å². The van der Waals surface area contributed by atoms with E-state index in [4.69, 9.17) is 9.26 Å². The minimum atomic E-state index is -0.602. The van der Waals surface area contributed by atoms with E-state index in [0.29, 0.717) is 5.69 Å². The van der Waals surface area contributed by atoms with Crippen molar-refractivity contribution in [2.45, 2.75) is 13.8 Å². The molecule has 7 heteroatoms. The van der Waals surface area contributed by atoms with Crippen molar-refractivity contribution in [3.05, 3.63) is 17.6 Å². The van der Waals surface area contributed by atoms with Gasteiger partial charge in [0.1, 0.15) is 5.69 Å². The molecule has 0 spiro atoms. The summed E-state index contributed by atoms with van der Waals surface area (Å²) in [6, 6.07) is 0. The van der Waals surface area contributed by atoms with Crippen LogP contribution < -0.4 is 0 Å². The highest BCUT2D eigenvalue weighted by molar-refractivity contribution is 5.85. The van der Waals surface area contributed by atoms with Crippen LogP contribution in [0, 0.1) is 6.92 Å². The number of aryl methyl sites for hydroxylation is 1. The Morgan fingerprint density at radius 3 is 3.06 bits per heavy atom. The smallest absolute Gasteiger partial charge is 0.379 e. The van der Waals surface area contributed by atoms with Crippen molar-refractivity contribution in [3.8, 4) is 11.6 Å². The first-order valence-electron chi connectivity index (χ1n) is 4.73. The Balaban J connectivity index is 2.26. The summed E-state index contributed by atoms with van der Waals surface area (Å²) in [6.45, 7) is 3.82. The van der Waals surface area contributed by atoms with Crippen LogP contribution in [0.5, 0.6) is 0 Å². The Hall–Kier alpha value is -2.18. The zero-order valence-electron chi connectivity index (χ0n) is 8.85. The largest absolute Gasteiger partial charge is 0.460 e. The highest BCUT2D eigenvalue weighted by atomic mass is 16.5. The molecule has 16 heavy (non-hydrogen) atoms. The van der Waals surface area contributed by atoms with Crippen molar-refractivity contribution < 1.29 is 14.1 Å². The molecule has 1 N–H and O–H groups in total. The normalized spacial score (nSPS) is 10.4. The zero-order chi connectivity index (χ0) is 11.5. The number of nitrogens with one attached hydrogen (secondary N) is 1. The Labute approximate surface area is 90.8 Å². The van der Waals surface area contributed by atoms with Gasteiger partial charge in [-0.1, -0.05) is 0 Å². The third-order valence-electron chi connectivity index (χ3n) is 1.93. The van der Waals surface area contributed by atoms with Crippen LogP contribution >= 0.6 is 0 Å². The molecule has 0 saturated carbocycles. The number of aromatic nitrogens is 4. The highest BCUT2D eigenvalue weighted by Crippen LogP contribution is 2.17. The molecule has 2 aromatic heterocycles. The van der Waals surface area contributed by atoms with Gasteiger partial charge in [-0.05, 0) is 24.6 Å². The average molecular weight is 222 g/mol. The van der Waals surface area contributed by atoms with Crippen LogP contribution in [-0.4, -0.2) is 32.9 Å². The fourth-order valence-electron chi connectivity index (χ4n) is 1.17. The molecule has 0 fully saturated rings. The van der Waals surface area contributed by atoms with Crippen LogP contribution in [0.2, 0.25) is 0 Å². The number of carbonyl (C=O) groups excluding carboxylic acids is 1. The summed E-state index contributed by atoms with van der Waals surface area (Å²) in [6.07, 6.45) is 1.63. The minimum Gasteiger partial charge on any atom is -0.460 e. The van der Waals surface area contributed by atoms with E-state index < -0.39 is 5.97 Å². The number of H-pyrrole nitrogens is 1. The van der Waals surface area contributed by atoms with E-state index in [1.54, 1.807) is 13.1 Å². The SMILES string of the molecule is CCOC(=O)c1noc(-c2[nH]ncc2C)n1. The molecule has 0 amide bonds. The van der Waals surface area contributed by atoms with Crippen molar-refractivity contribution in [3.63, 3.8) is 0 Å². The van der Waals surface area contributed by atoms with E-state index in [0.717, 1.165) is 5.56 Å². The predicted molar refractivity (Wildman–Crippen MR) is 52.6 cm³/mol. The van der Waals surface area contributed by atoms with Gasteiger partial charge < -0.3 is 9.26 Å². The van der Waals surface area contributed by atoms with Crippen LogP contribution in [-0.2, 0) is 4.74 Å². The third-order valence-corrected chi connectivity index (χ3v) is 1.93. The lowest BCUT2D eigenvalue weighted by Gasteiger charge is -1.93. The lowest BCUT2D eigenvalue weighted by Crippen LogP contribution is -2.06. The van der Waals surface area contributed by atoms with Crippen molar-refractivity contribution in [1.82, 2.24) is 20.3 Å². The Kier molecular flexibility index (Phi) is 2.67. The van der Waals surface area contributed by atoms with Crippen LogP contribution in [0.25, 0.3) is 11.6 Å². The molecule has 0 saturated heterocycles. The predicted octanol–water partition coefficient (Wildman–Crippen LogP) is 0.945. The van der Waals surface area contributed by atoms with E-state index in [9.17, 15) is 4.79 Å². The molecule has 0 aliphatic heterocycles. The maximum Gasteiger partial charge on any atom is 0.379 e. The van der Waals surface area contributed by atoms with Gasteiger partial charge in [-0.15, -0.1) is 0 Å². The molecule has 7 nitrogen and oxygen atoms in total. The van der Waals surface area contributed by atoms with E-state index >= 15 is 0 Å². The molecular weight excluding hydrogens is 212 g/mol. The van der Waals surface area contributed by atoms with Gasteiger partial charge in [-0.2, -0.15) is 10.1 Å². The van der Waals surface area contributed by atoms with Gasteiger partial charge in [0.05, 0.1) is 12.8 Å².